The normalized spacial score (nSPS) is 10.4. The van der Waals surface area contributed by atoms with Crippen molar-refractivity contribution in [2.75, 3.05) is 13.1 Å². The Morgan fingerprint density at radius 3 is 1.81 bits per heavy atom. The van der Waals surface area contributed by atoms with Gasteiger partial charge >= 0.3 is 0 Å². The van der Waals surface area contributed by atoms with Gasteiger partial charge in [0.05, 0.1) is 0 Å². The van der Waals surface area contributed by atoms with Gasteiger partial charge in [-0.25, -0.2) is 0 Å². The van der Waals surface area contributed by atoms with Crippen molar-refractivity contribution in [3.05, 3.63) is 0 Å². The van der Waals surface area contributed by atoms with Crippen LogP contribution in [-0.2, 0) is 0 Å². The van der Waals surface area contributed by atoms with Crippen molar-refractivity contribution >= 4 is 34.4 Å². The molecular weight excluding hydrogens is 296 g/mol. The van der Waals surface area contributed by atoms with Crippen LogP contribution in [-0.4, -0.2) is 23.1 Å². The largest absolute Gasteiger partial charge is 0.363 e. The molecule has 0 unspecified atom stereocenters. The smallest absolute Gasteiger partial charge is 0.166 e. The van der Waals surface area contributed by atoms with E-state index >= 15 is 0 Å². The summed E-state index contributed by atoms with van der Waals surface area (Å²) in [6.07, 6.45) is 13.6. The third kappa shape index (κ3) is 16.0. The van der Waals surface area contributed by atoms with Gasteiger partial charge in [0.2, 0.25) is 0 Å². The number of nitrogens with one attached hydrogen (secondary N) is 2. The van der Waals surface area contributed by atoms with Gasteiger partial charge in [0.25, 0.3) is 0 Å². The maximum Gasteiger partial charge on any atom is 0.166 e. The maximum absolute atomic E-state index is 5.42. The second kappa shape index (κ2) is 16.2. The lowest BCUT2D eigenvalue weighted by Crippen LogP contribution is -2.36. The summed E-state index contributed by atoms with van der Waals surface area (Å²) in [4.78, 5) is 1.28. The second-order valence-electron chi connectivity index (χ2n) is 5.70. The molecule has 124 valence electrons. The number of thiocarbonyl (C=S) groups is 2. The highest BCUT2D eigenvalue weighted by atomic mass is 32.1. The van der Waals surface area contributed by atoms with Gasteiger partial charge in [-0.15, -0.1) is 0 Å². The molecule has 0 amide bonds. The number of unbranched alkanes of at least 4 members (excludes halogenated alkanes) is 6. The predicted molar refractivity (Wildman–Crippen MR) is 103 cm³/mol. The molecule has 21 heavy (non-hydrogen) atoms. The van der Waals surface area contributed by atoms with Crippen LogP contribution in [0.3, 0.4) is 0 Å². The Balaban J connectivity index is 3.24. The molecule has 2 N–H and O–H groups in total. The van der Waals surface area contributed by atoms with E-state index in [1.54, 1.807) is 0 Å². The highest BCUT2D eigenvalue weighted by molar-refractivity contribution is 7.80. The zero-order chi connectivity index (χ0) is 15.8. The maximum atomic E-state index is 5.42. The standard InChI is InChI=1S/C17H34N2S2/c1-3-5-9-12-16(20)13-10-7-8-11-15-19-17(21)18-14-6-4-2/h3-15H2,1-2H3,(H2,18,19,21). The van der Waals surface area contributed by atoms with Crippen molar-refractivity contribution in [2.24, 2.45) is 0 Å². The van der Waals surface area contributed by atoms with Crippen molar-refractivity contribution in [1.82, 2.24) is 10.6 Å². The monoisotopic (exact) mass is 330 g/mol. The average Bonchev–Trinajstić information content (AvgIpc) is 2.47. The summed E-state index contributed by atoms with van der Waals surface area (Å²) in [5, 5.41) is 7.30. The van der Waals surface area contributed by atoms with Gasteiger partial charge in [0.1, 0.15) is 0 Å². The molecule has 0 fully saturated rings. The van der Waals surface area contributed by atoms with Crippen LogP contribution in [0.1, 0.15) is 84.5 Å². The van der Waals surface area contributed by atoms with E-state index in [-0.39, 0.29) is 0 Å². The van der Waals surface area contributed by atoms with Crippen LogP contribution in [0, 0.1) is 0 Å². The number of hydrogen-bond acceptors (Lipinski definition) is 2. The second-order valence-corrected chi connectivity index (χ2v) is 6.68. The highest BCUT2D eigenvalue weighted by Gasteiger charge is 1.98. The Labute approximate surface area is 142 Å². The molecule has 0 aliphatic heterocycles. The molecule has 0 aromatic rings. The quantitative estimate of drug-likeness (QED) is 0.340. The van der Waals surface area contributed by atoms with E-state index in [9.17, 15) is 0 Å². The van der Waals surface area contributed by atoms with Gasteiger partial charge in [0, 0.05) is 13.1 Å². The van der Waals surface area contributed by atoms with Crippen molar-refractivity contribution in [3.8, 4) is 0 Å². The molecule has 0 bridgehead atoms. The molecule has 0 saturated heterocycles. The Morgan fingerprint density at radius 1 is 0.667 bits per heavy atom. The minimum absolute atomic E-state index is 0.806. The topological polar surface area (TPSA) is 24.1 Å². The fourth-order valence-corrected chi connectivity index (χ4v) is 2.63. The molecule has 0 aliphatic rings. The summed E-state index contributed by atoms with van der Waals surface area (Å²) in [6.45, 7) is 6.40. The minimum Gasteiger partial charge on any atom is -0.363 e. The molecule has 0 radical (unpaired) electrons. The third-order valence-corrected chi connectivity index (χ3v) is 4.24. The van der Waals surface area contributed by atoms with Gasteiger partial charge in [0.15, 0.2) is 5.11 Å². The SMILES string of the molecule is CCCCCC(=S)CCCCCCNC(=S)NCCCC. The lowest BCUT2D eigenvalue weighted by atomic mass is 10.1. The van der Waals surface area contributed by atoms with E-state index in [0.29, 0.717) is 0 Å². The van der Waals surface area contributed by atoms with E-state index in [4.69, 9.17) is 24.4 Å². The molecule has 0 rings (SSSR count). The summed E-state index contributed by atoms with van der Waals surface area (Å²) >= 11 is 10.6. The van der Waals surface area contributed by atoms with Crippen molar-refractivity contribution in [2.45, 2.75) is 84.5 Å². The summed E-state index contributed by atoms with van der Waals surface area (Å²) in [5.41, 5.74) is 0. The Kier molecular flexibility index (Phi) is 16.0. The van der Waals surface area contributed by atoms with Crippen LogP contribution in [0.2, 0.25) is 0 Å². The Morgan fingerprint density at radius 2 is 1.19 bits per heavy atom. The van der Waals surface area contributed by atoms with Crippen molar-refractivity contribution < 1.29 is 0 Å². The molecule has 0 aliphatic carbocycles. The zero-order valence-electron chi connectivity index (χ0n) is 14.0. The molecule has 4 heteroatoms. The minimum atomic E-state index is 0.806. The zero-order valence-corrected chi connectivity index (χ0v) is 15.6. The number of rotatable bonds is 14. The van der Waals surface area contributed by atoms with Gasteiger partial charge in [-0.3, -0.25) is 0 Å². The fourth-order valence-electron chi connectivity index (χ4n) is 2.14. The number of hydrogen-bond donors (Lipinski definition) is 2. The molecule has 0 aromatic carbocycles. The summed E-state index contributed by atoms with van der Waals surface area (Å²) in [7, 11) is 0. The van der Waals surface area contributed by atoms with E-state index in [1.165, 1.54) is 62.7 Å². The molecule has 0 atom stereocenters. The molecule has 0 heterocycles. The Hall–Kier alpha value is -0.220. The van der Waals surface area contributed by atoms with Crippen LogP contribution < -0.4 is 10.6 Å². The predicted octanol–water partition coefficient (Wildman–Crippen LogP) is 5.15. The molecule has 2 nitrogen and oxygen atoms in total. The Bertz CT molecular complexity index is 242. The van der Waals surface area contributed by atoms with Gasteiger partial charge < -0.3 is 10.6 Å². The molecule has 0 aromatic heterocycles. The van der Waals surface area contributed by atoms with E-state index in [2.05, 4.69) is 24.5 Å². The lowest BCUT2D eigenvalue weighted by Gasteiger charge is -2.09. The lowest BCUT2D eigenvalue weighted by molar-refractivity contribution is 0.635. The van der Waals surface area contributed by atoms with Gasteiger partial charge in [-0.05, 0) is 55.6 Å². The molecule has 0 saturated carbocycles. The fraction of sp³-hybridized carbons (Fsp3) is 0.882. The van der Waals surface area contributed by atoms with E-state index in [1.807, 2.05) is 0 Å². The van der Waals surface area contributed by atoms with Crippen LogP contribution in [0.4, 0.5) is 0 Å². The summed E-state index contributed by atoms with van der Waals surface area (Å²) in [6, 6.07) is 0. The van der Waals surface area contributed by atoms with E-state index < -0.39 is 0 Å². The van der Waals surface area contributed by atoms with Crippen LogP contribution >= 0.6 is 24.4 Å². The average molecular weight is 331 g/mol. The van der Waals surface area contributed by atoms with Crippen LogP contribution in [0.15, 0.2) is 0 Å². The first-order valence-electron chi connectivity index (χ1n) is 8.74. The van der Waals surface area contributed by atoms with Crippen LogP contribution in [0.25, 0.3) is 0 Å². The first-order chi connectivity index (χ1) is 10.2. The highest BCUT2D eigenvalue weighted by Crippen LogP contribution is 2.09. The van der Waals surface area contributed by atoms with Gasteiger partial charge in [-0.1, -0.05) is 58.2 Å². The van der Waals surface area contributed by atoms with Crippen LogP contribution in [0.5, 0.6) is 0 Å². The van der Waals surface area contributed by atoms with E-state index in [0.717, 1.165) is 31.0 Å². The van der Waals surface area contributed by atoms with Crippen molar-refractivity contribution in [1.29, 1.82) is 0 Å². The van der Waals surface area contributed by atoms with Crippen molar-refractivity contribution in [3.63, 3.8) is 0 Å². The summed E-state index contributed by atoms with van der Waals surface area (Å²) in [5.74, 6) is 0. The first-order valence-corrected chi connectivity index (χ1v) is 9.55. The first kappa shape index (κ1) is 20.8. The molecule has 0 spiro atoms. The third-order valence-electron chi connectivity index (χ3n) is 3.54. The summed E-state index contributed by atoms with van der Waals surface area (Å²) < 4.78 is 0. The van der Waals surface area contributed by atoms with Gasteiger partial charge in [-0.2, -0.15) is 0 Å². The molecular formula is C17H34N2S2.